The van der Waals surface area contributed by atoms with Crippen LogP contribution in [0.1, 0.15) is 29.8 Å². The Morgan fingerprint density at radius 2 is 2.06 bits per heavy atom. The number of allylic oxidation sites excluding steroid dienone is 1. The molecular weight excluding hydrogens is 204 g/mol. The molecule has 1 aliphatic rings. The van der Waals surface area contributed by atoms with Gasteiger partial charge in [0.2, 0.25) is 0 Å². The second kappa shape index (κ2) is 3.37. The minimum atomic E-state index is -0.437. The van der Waals surface area contributed by atoms with E-state index >= 15 is 0 Å². The number of aliphatic hydroxyl groups is 1. The summed E-state index contributed by atoms with van der Waals surface area (Å²) >= 11 is 0. The first-order valence-electron chi connectivity index (χ1n) is 5.10. The average Bonchev–Trinajstić information content (AvgIpc) is 2.46. The van der Waals surface area contributed by atoms with Gasteiger partial charge in [0.1, 0.15) is 5.75 Å². The van der Waals surface area contributed by atoms with Gasteiger partial charge < -0.3 is 9.84 Å². The van der Waals surface area contributed by atoms with E-state index in [1.54, 1.807) is 13.2 Å². The fourth-order valence-electron chi connectivity index (χ4n) is 2.18. The summed E-state index contributed by atoms with van der Waals surface area (Å²) in [6.07, 6.45) is 0.912. The quantitative estimate of drug-likeness (QED) is 0.582. The summed E-state index contributed by atoms with van der Waals surface area (Å²) in [5.74, 6) is 0.531. The number of hydrogen-bond donors (Lipinski definition) is 1. The van der Waals surface area contributed by atoms with Crippen molar-refractivity contribution in [1.82, 2.24) is 0 Å². The Hall–Kier alpha value is -1.77. The van der Waals surface area contributed by atoms with Gasteiger partial charge in [0.15, 0.2) is 5.78 Å². The molecule has 1 aromatic carbocycles. The van der Waals surface area contributed by atoms with Crippen molar-refractivity contribution < 1.29 is 14.6 Å². The molecule has 0 radical (unpaired) electrons. The standard InChI is InChI=1S/C13H14O3/c1-13(2)10-5-4-8(16-3)6-9(10)12(15)11(13)7-14/h4-7,14H,1-3H3. The highest BCUT2D eigenvalue weighted by atomic mass is 16.5. The van der Waals surface area contributed by atoms with Crippen molar-refractivity contribution in [3.05, 3.63) is 41.2 Å². The van der Waals surface area contributed by atoms with Gasteiger partial charge in [-0.2, -0.15) is 0 Å². The highest BCUT2D eigenvalue weighted by Crippen LogP contribution is 2.43. The van der Waals surface area contributed by atoms with E-state index in [-0.39, 0.29) is 5.78 Å². The van der Waals surface area contributed by atoms with Crippen molar-refractivity contribution in [3.63, 3.8) is 0 Å². The van der Waals surface area contributed by atoms with E-state index in [1.807, 2.05) is 26.0 Å². The number of methoxy groups -OCH3 is 1. The van der Waals surface area contributed by atoms with Crippen LogP contribution < -0.4 is 4.74 Å². The van der Waals surface area contributed by atoms with Crippen molar-refractivity contribution in [2.75, 3.05) is 7.11 Å². The minimum absolute atomic E-state index is 0.124. The van der Waals surface area contributed by atoms with Gasteiger partial charge in [-0.1, -0.05) is 19.9 Å². The summed E-state index contributed by atoms with van der Waals surface area (Å²) in [6, 6.07) is 5.42. The van der Waals surface area contributed by atoms with Crippen molar-refractivity contribution in [2.45, 2.75) is 19.3 Å². The SMILES string of the molecule is COc1ccc2c(c1)C(=O)C(=CO)C2(C)C. The van der Waals surface area contributed by atoms with Gasteiger partial charge in [0.25, 0.3) is 0 Å². The summed E-state index contributed by atoms with van der Waals surface area (Å²) in [5.41, 5.74) is 1.53. The second-order valence-corrected chi connectivity index (χ2v) is 4.41. The predicted molar refractivity (Wildman–Crippen MR) is 61.1 cm³/mol. The van der Waals surface area contributed by atoms with Gasteiger partial charge >= 0.3 is 0 Å². The second-order valence-electron chi connectivity index (χ2n) is 4.41. The number of ether oxygens (including phenoxy) is 1. The average molecular weight is 218 g/mol. The lowest BCUT2D eigenvalue weighted by atomic mass is 9.83. The molecule has 0 spiro atoms. The molecule has 0 fully saturated rings. The van der Waals surface area contributed by atoms with Crippen LogP contribution in [0.15, 0.2) is 30.0 Å². The first kappa shape index (κ1) is 10.7. The van der Waals surface area contributed by atoms with Gasteiger partial charge in [-0.3, -0.25) is 4.79 Å². The highest BCUT2D eigenvalue weighted by molar-refractivity contribution is 6.15. The van der Waals surface area contributed by atoms with E-state index in [2.05, 4.69) is 0 Å². The zero-order valence-corrected chi connectivity index (χ0v) is 9.57. The Labute approximate surface area is 94.4 Å². The summed E-state index contributed by atoms with van der Waals surface area (Å²) in [5, 5.41) is 9.16. The molecule has 1 aliphatic carbocycles. The van der Waals surface area contributed by atoms with Crippen LogP contribution >= 0.6 is 0 Å². The molecular formula is C13H14O3. The van der Waals surface area contributed by atoms with E-state index < -0.39 is 5.41 Å². The highest BCUT2D eigenvalue weighted by Gasteiger charge is 2.41. The molecule has 3 heteroatoms. The lowest BCUT2D eigenvalue weighted by Gasteiger charge is -2.19. The van der Waals surface area contributed by atoms with Crippen molar-refractivity contribution in [2.24, 2.45) is 0 Å². The molecule has 0 saturated heterocycles. The lowest BCUT2D eigenvalue weighted by molar-refractivity contribution is 0.103. The molecule has 16 heavy (non-hydrogen) atoms. The number of carbonyl (C=O) groups is 1. The summed E-state index contributed by atoms with van der Waals surface area (Å²) in [7, 11) is 1.56. The van der Waals surface area contributed by atoms with Crippen molar-refractivity contribution >= 4 is 5.78 Å². The number of ketones is 1. The Balaban J connectivity index is 2.67. The number of benzene rings is 1. The maximum Gasteiger partial charge on any atom is 0.193 e. The molecule has 0 aromatic heterocycles. The van der Waals surface area contributed by atoms with Crippen LogP contribution in [0.4, 0.5) is 0 Å². The summed E-state index contributed by atoms with van der Waals surface area (Å²) in [4.78, 5) is 12.0. The van der Waals surface area contributed by atoms with Gasteiger partial charge in [-0.25, -0.2) is 0 Å². The third-order valence-electron chi connectivity index (χ3n) is 3.19. The van der Waals surface area contributed by atoms with E-state index in [0.29, 0.717) is 16.9 Å². The normalized spacial score (nSPS) is 19.9. The molecule has 0 atom stereocenters. The minimum Gasteiger partial charge on any atom is -0.515 e. The van der Waals surface area contributed by atoms with Crippen LogP contribution in [-0.4, -0.2) is 18.0 Å². The number of carbonyl (C=O) groups excluding carboxylic acids is 1. The molecule has 0 saturated carbocycles. The predicted octanol–water partition coefficient (Wildman–Crippen LogP) is 2.61. The van der Waals surface area contributed by atoms with E-state index in [4.69, 9.17) is 9.84 Å². The van der Waals surface area contributed by atoms with Gasteiger partial charge in [0.05, 0.1) is 13.4 Å². The maximum atomic E-state index is 12.0. The zero-order chi connectivity index (χ0) is 11.9. The molecule has 0 aliphatic heterocycles. The van der Waals surface area contributed by atoms with E-state index in [1.165, 1.54) is 0 Å². The van der Waals surface area contributed by atoms with Crippen molar-refractivity contribution in [3.8, 4) is 5.75 Å². The molecule has 0 bridgehead atoms. The monoisotopic (exact) mass is 218 g/mol. The Bertz CT molecular complexity index is 484. The molecule has 0 unspecified atom stereocenters. The Morgan fingerprint density at radius 1 is 1.38 bits per heavy atom. The maximum absolute atomic E-state index is 12.0. The lowest BCUT2D eigenvalue weighted by Crippen LogP contribution is -2.16. The number of rotatable bonds is 1. The van der Waals surface area contributed by atoms with Crippen LogP contribution in [0, 0.1) is 0 Å². The molecule has 1 aromatic rings. The van der Waals surface area contributed by atoms with E-state index in [9.17, 15) is 4.79 Å². The van der Waals surface area contributed by atoms with Gasteiger partial charge in [0, 0.05) is 16.6 Å². The summed E-state index contributed by atoms with van der Waals surface area (Å²) < 4.78 is 5.09. The first-order chi connectivity index (χ1) is 7.52. The topological polar surface area (TPSA) is 46.5 Å². The molecule has 0 amide bonds. The van der Waals surface area contributed by atoms with Crippen molar-refractivity contribution in [1.29, 1.82) is 0 Å². The number of hydrogen-bond acceptors (Lipinski definition) is 3. The summed E-state index contributed by atoms with van der Waals surface area (Å²) in [6.45, 7) is 3.84. The fourth-order valence-corrected chi connectivity index (χ4v) is 2.18. The number of fused-ring (bicyclic) bond motifs is 1. The van der Waals surface area contributed by atoms with Gasteiger partial charge in [-0.15, -0.1) is 0 Å². The van der Waals surface area contributed by atoms with Crippen LogP contribution in [-0.2, 0) is 5.41 Å². The fraction of sp³-hybridized carbons (Fsp3) is 0.308. The zero-order valence-electron chi connectivity index (χ0n) is 9.57. The molecule has 3 nitrogen and oxygen atoms in total. The Morgan fingerprint density at radius 3 is 2.62 bits per heavy atom. The van der Waals surface area contributed by atoms with Crippen LogP contribution in [0.2, 0.25) is 0 Å². The molecule has 84 valence electrons. The molecule has 2 rings (SSSR count). The largest absolute Gasteiger partial charge is 0.515 e. The third-order valence-corrected chi connectivity index (χ3v) is 3.19. The third kappa shape index (κ3) is 1.24. The van der Waals surface area contributed by atoms with Gasteiger partial charge in [-0.05, 0) is 17.7 Å². The molecule has 0 heterocycles. The van der Waals surface area contributed by atoms with Crippen LogP contribution in [0.25, 0.3) is 0 Å². The Kier molecular flexibility index (Phi) is 2.26. The van der Waals surface area contributed by atoms with E-state index in [0.717, 1.165) is 11.8 Å². The molecule has 1 N–H and O–H groups in total. The smallest absolute Gasteiger partial charge is 0.193 e. The van der Waals surface area contributed by atoms with Crippen LogP contribution in [0.5, 0.6) is 5.75 Å². The van der Waals surface area contributed by atoms with Crippen LogP contribution in [0.3, 0.4) is 0 Å². The number of Topliss-reactive ketones (excluding diaryl/α,β-unsaturated/α-hetero) is 1. The number of aliphatic hydroxyl groups excluding tert-OH is 1. The first-order valence-corrected chi connectivity index (χ1v) is 5.10.